The molecule has 1 fully saturated rings. The highest BCUT2D eigenvalue weighted by Crippen LogP contribution is 2.34. The molecule has 0 unspecified atom stereocenters. The maximum Gasteiger partial charge on any atom is 0.252 e. The van der Waals surface area contributed by atoms with Crippen LogP contribution in [0, 0.1) is 0 Å². The van der Waals surface area contributed by atoms with Gasteiger partial charge in [0.15, 0.2) is 5.82 Å². The first-order valence-electron chi connectivity index (χ1n) is 10.7. The lowest BCUT2D eigenvalue weighted by Crippen LogP contribution is -2.37. The quantitative estimate of drug-likeness (QED) is 0.452. The van der Waals surface area contributed by atoms with E-state index in [0.717, 1.165) is 21.6 Å². The molecule has 0 spiro atoms. The molecule has 4 aromatic heterocycles. The number of carbonyl (C=O) groups excluding carboxylic acids is 1. The monoisotopic (exact) mass is 462 g/mol. The Bertz CT molecular complexity index is 1330. The molecule has 1 amide bonds. The number of ether oxygens (including phenoxy) is 1. The molecule has 2 N–H and O–H groups in total. The topological polar surface area (TPSA) is 113 Å². The summed E-state index contributed by atoms with van der Waals surface area (Å²) in [6.45, 7) is 3.00. The van der Waals surface area contributed by atoms with E-state index >= 15 is 0 Å². The highest BCUT2D eigenvalue weighted by molar-refractivity contribution is 7.17. The summed E-state index contributed by atoms with van der Waals surface area (Å²) in [4.78, 5) is 44.0. The number of H-pyrrole nitrogens is 1. The van der Waals surface area contributed by atoms with E-state index in [4.69, 9.17) is 14.7 Å². The van der Waals surface area contributed by atoms with Gasteiger partial charge in [-0.3, -0.25) is 14.6 Å². The maximum atomic E-state index is 13.1. The molecule has 1 aliphatic heterocycles. The van der Waals surface area contributed by atoms with Crippen LogP contribution in [0.4, 0.5) is 5.82 Å². The third-order valence-electron chi connectivity index (χ3n) is 5.40. The number of aromatic amines is 1. The summed E-state index contributed by atoms with van der Waals surface area (Å²) in [5.74, 6) is 1.08. The largest absolute Gasteiger partial charge is 0.378 e. The van der Waals surface area contributed by atoms with Crippen LogP contribution in [0.3, 0.4) is 0 Å². The van der Waals surface area contributed by atoms with Gasteiger partial charge in [0.25, 0.3) is 5.91 Å². The molecular formula is C23H22N6O3S. The molecule has 0 atom stereocenters. The van der Waals surface area contributed by atoms with E-state index in [9.17, 15) is 9.59 Å². The van der Waals surface area contributed by atoms with Gasteiger partial charge in [0.05, 0.1) is 24.2 Å². The Balaban J connectivity index is 1.46. The molecule has 0 radical (unpaired) electrons. The molecule has 1 saturated heterocycles. The van der Waals surface area contributed by atoms with Gasteiger partial charge in [0, 0.05) is 43.5 Å². The number of amides is 1. The predicted octanol–water partition coefficient (Wildman–Crippen LogP) is 2.25. The number of hydrogen-bond acceptors (Lipinski definition) is 8. The average Bonchev–Trinajstić information content (AvgIpc) is 3.29. The van der Waals surface area contributed by atoms with E-state index < -0.39 is 0 Å². The molecule has 0 aromatic carbocycles. The zero-order valence-corrected chi connectivity index (χ0v) is 18.6. The fourth-order valence-corrected chi connectivity index (χ4v) is 4.68. The molecule has 9 nitrogen and oxygen atoms in total. The lowest BCUT2D eigenvalue weighted by molar-refractivity contribution is 0.0956. The zero-order chi connectivity index (χ0) is 22.6. The number of fused-ring (bicyclic) bond motifs is 1. The van der Waals surface area contributed by atoms with Crippen molar-refractivity contribution in [3.8, 4) is 11.5 Å². The molecule has 33 heavy (non-hydrogen) atoms. The predicted molar refractivity (Wildman–Crippen MR) is 127 cm³/mol. The van der Waals surface area contributed by atoms with Crippen molar-refractivity contribution in [2.75, 3.05) is 37.7 Å². The van der Waals surface area contributed by atoms with Gasteiger partial charge >= 0.3 is 0 Å². The first-order valence-corrected chi connectivity index (χ1v) is 11.6. The Kier molecular flexibility index (Phi) is 6.09. The van der Waals surface area contributed by atoms with Crippen LogP contribution in [0.25, 0.3) is 21.7 Å². The van der Waals surface area contributed by atoms with Gasteiger partial charge in [-0.2, -0.15) is 0 Å². The lowest BCUT2D eigenvalue weighted by atomic mass is 10.1. The molecule has 0 saturated carbocycles. The average molecular weight is 463 g/mol. The summed E-state index contributed by atoms with van der Waals surface area (Å²) in [6.07, 6.45) is 3.89. The van der Waals surface area contributed by atoms with Crippen molar-refractivity contribution in [3.05, 3.63) is 69.6 Å². The van der Waals surface area contributed by atoms with Crippen LogP contribution < -0.4 is 15.8 Å². The Hall–Kier alpha value is -3.63. The molecule has 0 aliphatic carbocycles. The normalized spacial score (nSPS) is 13.9. The van der Waals surface area contributed by atoms with E-state index in [2.05, 4.69) is 20.2 Å². The van der Waals surface area contributed by atoms with Gasteiger partial charge in [-0.15, -0.1) is 11.3 Å². The van der Waals surface area contributed by atoms with Crippen molar-refractivity contribution in [2.24, 2.45) is 0 Å². The van der Waals surface area contributed by atoms with Crippen LogP contribution in [-0.2, 0) is 11.2 Å². The number of pyridine rings is 2. The highest BCUT2D eigenvalue weighted by atomic mass is 32.1. The molecular weight excluding hydrogens is 440 g/mol. The minimum atomic E-state index is -0.185. The number of hydrogen-bond donors (Lipinski definition) is 2. The van der Waals surface area contributed by atoms with Crippen molar-refractivity contribution in [3.63, 3.8) is 0 Å². The van der Waals surface area contributed by atoms with Gasteiger partial charge in [-0.25, -0.2) is 9.97 Å². The molecule has 1 aliphatic rings. The number of aromatic nitrogens is 4. The van der Waals surface area contributed by atoms with Gasteiger partial charge in [-0.05, 0) is 30.2 Å². The Morgan fingerprint density at radius 3 is 2.88 bits per heavy atom. The molecule has 168 valence electrons. The molecule has 0 bridgehead atoms. The van der Waals surface area contributed by atoms with E-state index in [0.29, 0.717) is 56.4 Å². The fraction of sp³-hybridized carbons (Fsp3) is 0.261. The van der Waals surface area contributed by atoms with Gasteiger partial charge in [0.1, 0.15) is 16.3 Å². The third kappa shape index (κ3) is 4.62. The number of morpholine rings is 1. The van der Waals surface area contributed by atoms with E-state index in [1.54, 1.807) is 12.4 Å². The number of carbonyl (C=O) groups is 1. The van der Waals surface area contributed by atoms with Crippen LogP contribution in [0.5, 0.6) is 0 Å². The second kappa shape index (κ2) is 9.47. The van der Waals surface area contributed by atoms with Crippen LogP contribution in [0.1, 0.15) is 15.9 Å². The number of nitrogens with one attached hydrogen (secondary N) is 2. The molecule has 5 heterocycles. The zero-order valence-electron chi connectivity index (χ0n) is 17.8. The standard InChI is InChI=1S/C23H22N6O3S/c30-18-13-15(4-7-25-18)5-8-26-22(31)16-14-33-23-19(16)21(29-9-11-32-12-10-29)27-20(28-23)17-3-1-2-6-24-17/h1-4,6-7,13-14H,5,8-12H2,(H,25,30)(H,26,31). The Morgan fingerprint density at radius 2 is 2.09 bits per heavy atom. The fourth-order valence-electron chi connectivity index (χ4n) is 3.76. The highest BCUT2D eigenvalue weighted by Gasteiger charge is 2.24. The van der Waals surface area contributed by atoms with Gasteiger partial charge < -0.3 is 19.9 Å². The van der Waals surface area contributed by atoms with Crippen molar-refractivity contribution in [1.29, 1.82) is 0 Å². The van der Waals surface area contributed by atoms with Crippen LogP contribution in [-0.4, -0.2) is 58.7 Å². The molecule has 10 heteroatoms. The van der Waals surface area contributed by atoms with Gasteiger partial charge in [-0.1, -0.05) is 6.07 Å². The van der Waals surface area contributed by atoms with Gasteiger partial charge in [0.2, 0.25) is 5.56 Å². The number of thiophene rings is 1. The summed E-state index contributed by atoms with van der Waals surface area (Å²) in [5.41, 5.74) is 1.95. The van der Waals surface area contributed by atoms with Crippen molar-refractivity contribution >= 4 is 33.3 Å². The number of anilines is 1. The van der Waals surface area contributed by atoms with Crippen molar-refractivity contribution in [2.45, 2.75) is 6.42 Å². The Morgan fingerprint density at radius 1 is 1.21 bits per heavy atom. The number of rotatable bonds is 6. The second-order valence-corrected chi connectivity index (χ2v) is 8.44. The summed E-state index contributed by atoms with van der Waals surface area (Å²) >= 11 is 1.42. The smallest absolute Gasteiger partial charge is 0.252 e. The second-order valence-electron chi connectivity index (χ2n) is 7.58. The third-order valence-corrected chi connectivity index (χ3v) is 6.27. The summed E-state index contributed by atoms with van der Waals surface area (Å²) in [7, 11) is 0. The summed E-state index contributed by atoms with van der Waals surface area (Å²) < 4.78 is 5.51. The van der Waals surface area contributed by atoms with Crippen molar-refractivity contribution < 1.29 is 9.53 Å². The van der Waals surface area contributed by atoms with Crippen molar-refractivity contribution in [1.82, 2.24) is 25.3 Å². The molecule has 4 aromatic rings. The van der Waals surface area contributed by atoms with E-state index in [1.165, 1.54) is 17.4 Å². The SMILES string of the molecule is O=C(NCCc1cc[nH]c(=O)c1)c1csc2nc(-c3ccccn3)nc(N3CCOCC3)c12. The molecule has 5 rings (SSSR count). The van der Waals surface area contributed by atoms with Crippen LogP contribution in [0.2, 0.25) is 0 Å². The summed E-state index contributed by atoms with van der Waals surface area (Å²) in [5, 5.41) is 5.54. The van der Waals surface area contributed by atoms with Crippen LogP contribution >= 0.6 is 11.3 Å². The first-order chi connectivity index (χ1) is 16.2. The van der Waals surface area contributed by atoms with E-state index in [-0.39, 0.29) is 11.5 Å². The van der Waals surface area contributed by atoms with Crippen LogP contribution in [0.15, 0.2) is 52.9 Å². The minimum Gasteiger partial charge on any atom is -0.378 e. The lowest BCUT2D eigenvalue weighted by Gasteiger charge is -2.28. The summed E-state index contributed by atoms with van der Waals surface area (Å²) in [6, 6.07) is 9.00. The number of nitrogens with zero attached hydrogens (tertiary/aromatic N) is 4. The first kappa shape index (κ1) is 21.2. The minimum absolute atomic E-state index is 0.154. The van der Waals surface area contributed by atoms with E-state index in [1.807, 2.05) is 29.6 Å². The maximum absolute atomic E-state index is 13.1. The Labute approximate surface area is 193 Å².